The molecule has 0 N–H and O–H groups in total. The second kappa shape index (κ2) is 13.3. The van der Waals surface area contributed by atoms with Gasteiger partial charge in [-0.15, -0.1) is 0 Å². The van der Waals surface area contributed by atoms with E-state index >= 15 is 0 Å². The maximum atomic E-state index is 12.2. The van der Waals surface area contributed by atoms with Gasteiger partial charge in [-0.2, -0.15) is 0 Å². The quantitative estimate of drug-likeness (QED) is 0.354. The van der Waals surface area contributed by atoms with E-state index in [1.165, 1.54) is 12.8 Å². The number of carbonyl (C=O) groups is 1. The first-order valence-corrected chi connectivity index (χ1v) is 10.5. The molecule has 0 spiro atoms. The Morgan fingerprint density at radius 1 is 1.21 bits per heavy atom. The van der Waals surface area contributed by atoms with Crippen LogP contribution in [0.25, 0.3) is 6.08 Å². The van der Waals surface area contributed by atoms with Crippen LogP contribution in [0.15, 0.2) is 24.3 Å². The summed E-state index contributed by atoms with van der Waals surface area (Å²) in [6, 6.07) is 5.58. The standard InChI is InChI=1S/C23H34O5/c1-3-26-23(24)22-19(14-12-15-20(22)25-2)13-8-6-4-5-7-10-17-27-21-16-9-11-18-28-21/h8,12-15,21H,3-7,9-11,16-18H2,1-2H3. The third kappa shape index (κ3) is 7.64. The van der Waals surface area contributed by atoms with E-state index < -0.39 is 0 Å². The van der Waals surface area contributed by atoms with Gasteiger partial charge in [-0.25, -0.2) is 4.79 Å². The predicted octanol–water partition coefficient (Wildman–Crippen LogP) is 5.38. The van der Waals surface area contributed by atoms with Crippen LogP contribution in [0.1, 0.15) is 74.2 Å². The highest BCUT2D eigenvalue weighted by atomic mass is 16.7. The Balaban J connectivity index is 1.67. The summed E-state index contributed by atoms with van der Waals surface area (Å²) in [7, 11) is 1.57. The molecule has 0 radical (unpaired) electrons. The summed E-state index contributed by atoms with van der Waals surface area (Å²) in [5.74, 6) is 0.198. The van der Waals surface area contributed by atoms with Crippen LogP contribution in [0, 0.1) is 0 Å². The molecule has 1 heterocycles. The number of benzene rings is 1. The first-order chi connectivity index (χ1) is 13.8. The van der Waals surface area contributed by atoms with Crippen molar-refractivity contribution in [2.45, 2.75) is 64.6 Å². The molecule has 0 amide bonds. The van der Waals surface area contributed by atoms with Gasteiger partial charge in [0.25, 0.3) is 0 Å². The number of esters is 1. The average molecular weight is 391 g/mol. The molecule has 0 aliphatic carbocycles. The molecule has 1 aliphatic heterocycles. The smallest absolute Gasteiger partial charge is 0.342 e. The van der Waals surface area contributed by atoms with Crippen molar-refractivity contribution in [1.82, 2.24) is 0 Å². The van der Waals surface area contributed by atoms with Crippen LogP contribution < -0.4 is 4.74 Å². The minimum Gasteiger partial charge on any atom is -0.496 e. The van der Waals surface area contributed by atoms with Gasteiger partial charge in [0, 0.05) is 13.2 Å². The maximum absolute atomic E-state index is 12.2. The highest BCUT2D eigenvalue weighted by Gasteiger charge is 2.16. The molecule has 28 heavy (non-hydrogen) atoms. The van der Waals surface area contributed by atoms with Gasteiger partial charge < -0.3 is 18.9 Å². The summed E-state index contributed by atoms with van der Waals surface area (Å²) in [4.78, 5) is 12.2. The average Bonchev–Trinajstić information content (AvgIpc) is 2.73. The summed E-state index contributed by atoms with van der Waals surface area (Å²) in [5, 5.41) is 0. The fourth-order valence-electron chi connectivity index (χ4n) is 3.26. The zero-order chi connectivity index (χ0) is 20.0. The number of allylic oxidation sites excluding steroid dienone is 1. The third-order valence-electron chi connectivity index (χ3n) is 4.76. The number of unbranched alkanes of at least 4 members (excludes halogenated alkanes) is 4. The van der Waals surface area contributed by atoms with Gasteiger partial charge in [-0.3, -0.25) is 0 Å². The Labute approximate surface area is 169 Å². The lowest BCUT2D eigenvalue weighted by molar-refractivity contribution is -0.162. The summed E-state index contributed by atoms with van der Waals surface area (Å²) in [6.07, 6.45) is 13.0. The van der Waals surface area contributed by atoms with Gasteiger partial charge in [0.1, 0.15) is 11.3 Å². The zero-order valence-electron chi connectivity index (χ0n) is 17.3. The first-order valence-electron chi connectivity index (χ1n) is 10.5. The highest BCUT2D eigenvalue weighted by molar-refractivity contribution is 5.96. The molecule has 1 aromatic rings. The molecule has 1 aliphatic rings. The van der Waals surface area contributed by atoms with Crippen LogP contribution in [-0.4, -0.2) is 39.2 Å². The van der Waals surface area contributed by atoms with Crippen molar-refractivity contribution in [2.24, 2.45) is 0 Å². The lowest BCUT2D eigenvalue weighted by Crippen LogP contribution is -2.22. The van der Waals surface area contributed by atoms with Crippen LogP contribution in [-0.2, 0) is 14.2 Å². The van der Waals surface area contributed by atoms with Gasteiger partial charge in [0.2, 0.25) is 0 Å². The predicted molar refractivity (Wildman–Crippen MR) is 111 cm³/mol. The molecule has 1 unspecified atom stereocenters. The van der Waals surface area contributed by atoms with Crippen molar-refractivity contribution >= 4 is 12.0 Å². The lowest BCUT2D eigenvalue weighted by Gasteiger charge is -2.22. The number of ether oxygens (including phenoxy) is 4. The van der Waals surface area contributed by atoms with Crippen molar-refractivity contribution in [2.75, 3.05) is 26.9 Å². The number of methoxy groups -OCH3 is 1. The monoisotopic (exact) mass is 390 g/mol. The van der Waals surface area contributed by atoms with Crippen molar-refractivity contribution < 1.29 is 23.7 Å². The molecule has 2 rings (SSSR count). The number of carbonyl (C=O) groups excluding carboxylic acids is 1. The summed E-state index contributed by atoms with van der Waals surface area (Å²) >= 11 is 0. The summed E-state index contributed by atoms with van der Waals surface area (Å²) < 4.78 is 21.8. The van der Waals surface area contributed by atoms with E-state index in [2.05, 4.69) is 6.08 Å². The fourth-order valence-corrected chi connectivity index (χ4v) is 3.26. The van der Waals surface area contributed by atoms with Crippen LogP contribution >= 0.6 is 0 Å². The van der Waals surface area contributed by atoms with Gasteiger partial charge in [0.05, 0.1) is 13.7 Å². The first kappa shape index (κ1) is 22.4. The minimum absolute atomic E-state index is 0.0214. The molecule has 0 bridgehead atoms. The Bertz CT molecular complexity index is 605. The van der Waals surface area contributed by atoms with Gasteiger partial charge >= 0.3 is 5.97 Å². The van der Waals surface area contributed by atoms with Crippen molar-refractivity contribution in [3.8, 4) is 5.75 Å². The van der Waals surface area contributed by atoms with E-state index in [-0.39, 0.29) is 12.3 Å². The Kier molecular flexibility index (Phi) is 10.7. The fraction of sp³-hybridized carbons (Fsp3) is 0.609. The topological polar surface area (TPSA) is 54.0 Å². The van der Waals surface area contributed by atoms with Gasteiger partial charge in [-0.1, -0.05) is 37.1 Å². The molecule has 1 fully saturated rings. The Morgan fingerprint density at radius 3 is 2.82 bits per heavy atom. The molecule has 0 saturated carbocycles. The normalized spacial score (nSPS) is 17.0. The molecule has 5 nitrogen and oxygen atoms in total. The maximum Gasteiger partial charge on any atom is 0.342 e. The van der Waals surface area contributed by atoms with Crippen molar-refractivity contribution in [3.63, 3.8) is 0 Å². The van der Waals surface area contributed by atoms with Gasteiger partial charge in [0.15, 0.2) is 6.29 Å². The van der Waals surface area contributed by atoms with Crippen LogP contribution in [0.5, 0.6) is 5.75 Å². The molecule has 1 aromatic carbocycles. The van der Waals surface area contributed by atoms with Crippen LogP contribution in [0.3, 0.4) is 0 Å². The molecular formula is C23H34O5. The van der Waals surface area contributed by atoms with E-state index in [9.17, 15) is 4.79 Å². The molecule has 0 aromatic heterocycles. The van der Waals surface area contributed by atoms with Crippen molar-refractivity contribution in [1.29, 1.82) is 0 Å². The van der Waals surface area contributed by atoms with Crippen LogP contribution in [0.4, 0.5) is 0 Å². The second-order valence-corrected chi connectivity index (χ2v) is 6.92. The van der Waals surface area contributed by atoms with E-state index in [1.54, 1.807) is 20.1 Å². The SMILES string of the molecule is CCOC(=O)c1c(C=CCCCCCCOC2CCCCO2)cccc1OC. The highest BCUT2D eigenvalue weighted by Crippen LogP contribution is 2.24. The summed E-state index contributed by atoms with van der Waals surface area (Å²) in [6.45, 7) is 3.77. The summed E-state index contributed by atoms with van der Waals surface area (Å²) in [5.41, 5.74) is 1.32. The van der Waals surface area contributed by atoms with Crippen molar-refractivity contribution in [3.05, 3.63) is 35.4 Å². The number of hydrogen-bond acceptors (Lipinski definition) is 5. The van der Waals surface area contributed by atoms with E-state index in [0.29, 0.717) is 17.9 Å². The van der Waals surface area contributed by atoms with Crippen LogP contribution in [0.2, 0.25) is 0 Å². The third-order valence-corrected chi connectivity index (χ3v) is 4.76. The Morgan fingerprint density at radius 2 is 2.07 bits per heavy atom. The molecular weight excluding hydrogens is 356 g/mol. The molecule has 1 saturated heterocycles. The van der Waals surface area contributed by atoms with Gasteiger partial charge in [-0.05, 0) is 57.1 Å². The molecule has 156 valence electrons. The second-order valence-electron chi connectivity index (χ2n) is 6.92. The number of rotatable bonds is 12. The largest absolute Gasteiger partial charge is 0.496 e. The minimum atomic E-state index is -0.346. The van der Waals surface area contributed by atoms with E-state index in [1.807, 2.05) is 18.2 Å². The van der Waals surface area contributed by atoms with E-state index in [4.69, 9.17) is 18.9 Å². The Hall–Kier alpha value is -1.85. The van der Waals surface area contributed by atoms with E-state index in [0.717, 1.165) is 57.3 Å². The number of hydrogen-bond donors (Lipinski definition) is 0. The molecule has 1 atom stereocenters. The lowest BCUT2D eigenvalue weighted by atomic mass is 10.0. The molecule has 5 heteroatoms. The zero-order valence-corrected chi connectivity index (χ0v) is 17.3.